The van der Waals surface area contributed by atoms with Gasteiger partial charge in [-0.1, -0.05) is 0 Å². The average molecular weight is 330 g/mol. The summed E-state index contributed by atoms with van der Waals surface area (Å²) in [4.78, 5) is 7.85. The summed E-state index contributed by atoms with van der Waals surface area (Å²) in [5, 5.41) is 0. The molecular formula is C11H8FIN2O. The van der Waals surface area contributed by atoms with E-state index in [1.807, 2.05) is 0 Å². The maximum atomic E-state index is 13.0. The summed E-state index contributed by atoms with van der Waals surface area (Å²) in [7, 11) is 0. The molecule has 0 radical (unpaired) electrons. The van der Waals surface area contributed by atoms with Crippen molar-refractivity contribution in [2.45, 2.75) is 6.92 Å². The maximum absolute atomic E-state index is 13.0. The zero-order chi connectivity index (χ0) is 11.5. The van der Waals surface area contributed by atoms with Gasteiger partial charge in [0.05, 0.1) is 3.57 Å². The highest BCUT2D eigenvalue weighted by Crippen LogP contribution is 2.24. The van der Waals surface area contributed by atoms with Gasteiger partial charge in [0.2, 0.25) is 5.88 Å². The number of rotatable bonds is 2. The molecule has 0 aliphatic rings. The second kappa shape index (κ2) is 4.73. The number of aromatic nitrogens is 2. The van der Waals surface area contributed by atoms with Gasteiger partial charge in [0.25, 0.3) is 0 Å². The predicted molar refractivity (Wildman–Crippen MR) is 66.0 cm³/mol. The second-order valence-corrected chi connectivity index (χ2v) is 4.35. The van der Waals surface area contributed by atoms with E-state index in [0.717, 1.165) is 3.57 Å². The van der Waals surface area contributed by atoms with Gasteiger partial charge in [-0.15, -0.1) is 0 Å². The van der Waals surface area contributed by atoms with Crippen molar-refractivity contribution in [2.75, 3.05) is 0 Å². The van der Waals surface area contributed by atoms with E-state index in [2.05, 4.69) is 32.6 Å². The number of ether oxygens (including phenoxy) is 1. The van der Waals surface area contributed by atoms with Crippen LogP contribution in [-0.2, 0) is 0 Å². The molecule has 1 aromatic heterocycles. The Morgan fingerprint density at radius 3 is 2.88 bits per heavy atom. The molecule has 0 atom stereocenters. The number of hydrogen-bond donors (Lipinski definition) is 0. The van der Waals surface area contributed by atoms with Crippen molar-refractivity contribution in [1.82, 2.24) is 9.97 Å². The minimum absolute atomic E-state index is 0.246. The lowest BCUT2D eigenvalue weighted by molar-refractivity contribution is 0.455. The van der Waals surface area contributed by atoms with Crippen LogP contribution >= 0.6 is 22.6 Å². The Balaban J connectivity index is 2.28. The lowest BCUT2D eigenvalue weighted by atomic mass is 10.2. The van der Waals surface area contributed by atoms with Gasteiger partial charge in [0.1, 0.15) is 17.9 Å². The van der Waals surface area contributed by atoms with Crippen LogP contribution in [0, 0.1) is 16.3 Å². The van der Waals surface area contributed by atoms with E-state index in [-0.39, 0.29) is 5.82 Å². The molecule has 1 heterocycles. The maximum Gasteiger partial charge on any atom is 0.235 e. The van der Waals surface area contributed by atoms with Crippen LogP contribution in [0.3, 0.4) is 0 Å². The number of halogens is 2. The molecule has 0 saturated carbocycles. The molecule has 0 N–H and O–H groups in total. The summed E-state index contributed by atoms with van der Waals surface area (Å²) >= 11 is 2.08. The molecule has 0 amide bonds. The molecular weight excluding hydrogens is 322 g/mol. The van der Waals surface area contributed by atoms with Crippen molar-refractivity contribution in [3.63, 3.8) is 0 Å². The monoisotopic (exact) mass is 330 g/mol. The van der Waals surface area contributed by atoms with Crippen molar-refractivity contribution in [1.29, 1.82) is 0 Å². The number of benzene rings is 1. The van der Waals surface area contributed by atoms with Gasteiger partial charge >= 0.3 is 0 Å². The van der Waals surface area contributed by atoms with E-state index < -0.39 is 0 Å². The van der Waals surface area contributed by atoms with Crippen molar-refractivity contribution >= 4 is 22.6 Å². The van der Waals surface area contributed by atoms with Gasteiger partial charge in [0, 0.05) is 6.20 Å². The fourth-order valence-electron chi connectivity index (χ4n) is 1.17. The lowest BCUT2D eigenvalue weighted by Gasteiger charge is -2.06. The molecule has 0 saturated heterocycles. The molecule has 16 heavy (non-hydrogen) atoms. The molecule has 0 aliphatic heterocycles. The molecule has 3 nitrogen and oxygen atoms in total. The van der Waals surface area contributed by atoms with Crippen LogP contribution in [0.5, 0.6) is 11.6 Å². The van der Waals surface area contributed by atoms with Crippen molar-refractivity contribution in [2.24, 2.45) is 0 Å². The van der Waals surface area contributed by atoms with Crippen LogP contribution in [0.4, 0.5) is 4.39 Å². The second-order valence-electron chi connectivity index (χ2n) is 3.19. The quantitative estimate of drug-likeness (QED) is 0.793. The van der Waals surface area contributed by atoms with E-state index in [0.29, 0.717) is 17.2 Å². The average Bonchev–Trinajstić information content (AvgIpc) is 2.27. The molecule has 0 bridgehead atoms. The van der Waals surface area contributed by atoms with Crippen LogP contribution in [0.25, 0.3) is 0 Å². The third-order valence-electron chi connectivity index (χ3n) is 1.98. The van der Waals surface area contributed by atoms with Gasteiger partial charge in [-0.3, -0.25) is 0 Å². The normalized spacial score (nSPS) is 10.2. The molecule has 0 aliphatic carbocycles. The van der Waals surface area contributed by atoms with Crippen LogP contribution in [0.15, 0.2) is 30.7 Å². The molecule has 0 unspecified atom stereocenters. The highest BCUT2D eigenvalue weighted by Gasteiger charge is 2.05. The van der Waals surface area contributed by atoms with Crippen molar-refractivity contribution < 1.29 is 9.13 Å². The van der Waals surface area contributed by atoms with Crippen molar-refractivity contribution in [3.05, 3.63) is 45.7 Å². The van der Waals surface area contributed by atoms with E-state index in [1.54, 1.807) is 25.3 Å². The SMILES string of the molecule is Cc1cc(Oc2ncncc2I)ccc1F. The highest BCUT2D eigenvalue weighted by molar-refractivity contribution is 14.1. The minimum Gasteiger partial charge on any atom is -0.438 e. The largest absolute Gasteiger partial charge is 0.438 e. The fraction of sp³-hybridized carbons (Fsp3) is 0.0909. The predicted octanol–water partition coefficient (Wildman–Crippen LogP) is 3.32. The van der Waals surface area contributed by atoms with Crippen LogP contribution in [0.2, 0.25) is 0 Å². The van der Waals surface area contributed by atoms with E-state index in [4.69, 9.17) is 4.74 Å². The van der Waals surface area contributed by atoms with Crippen LogP contribution < -0.4 is 4.74 Å². The van der Waals surface area contributed by atoms with E-state index in [9.17, 15) is 4.39 Å². The standard InChI is InChI=1S/C11H8FIN2O/c1-7-4-8(2-3-9(7)12)16-11-10(13)5-14-6-15-11/h2-6H,1H3. The Labute approximate surface area is 106 Å². The molecule has 0 spiro atoms. The lowest BCUT2D eigenvalue weighted by Crippen LogP contribution is -1.93. The Bertz CT molecular complexity index is 519. The Morgan fingerprint density at radius 2 is 2.19 bits per heavy atom. The Hall–Kier alpha value is -1.24. The smallest absolute Gasteiger partial charge is 0.235 e. The minimum atomic E-state index is -0.246. The summed E-state index contributed by atoms with van der Waals surface area (Å²) in [5.41, 5.74) is 0.543. The van der Waals surface area contributed by atoms with Crippen molar-refractivity contribution in [3.8, 4) is 11.6 Å². The van der Waals surface area contributed by atoms with E-state index >= 15 is 0 Å². The summed E-state index contributed by atoms with van der Waals surface area (Å²) in [6, 6.07) is 4.58. The summed E-state index contributed by atoms with van der Waals surface area (Å²) in [6.07, 6.45) is 3.06. The first-order valence-corrected chi connectivity index (χ1v) is 5.64. The van der Waals surface area contributed by atoms with Gasteiger partial charge in [0.15, 0.2) is 0 Å². The topological polar surface area (TPSA) is 35.0 Å². The highest BCUT2D eigenvalue weighted by atomic mass is 127. The van der Waals surface area contributed by atoms with Gasteiger partial charge in [-0.25, -0.2) is 14.4 Å². The molecule has 0 fully saturated rings. The fourth-order valence-corrected chi connectivity index (χ4v) is 1.58. The third-order valence-corrected chi connectivity index (χ3v) is 2.72. The molecule has 2 rings (SSSR count). The number of aryl methyl sites for hydroxylation is 1. The Kier molecular flexibility index (Phi) is 3.33. The zero-order valence-electron chi connectivity index (χ0n) is 8.45. The summed E-state index contributed by atoms with van der Waals surface area (Å²) < 4.78 is 19.4. The third kappa shape index (κ3) is 2.46. The molecule has 1 aromatic carbocycles. The Morgan fingerprint density at radius 1 is 1.38 bits per heavy atom. The molecule has 82 valence electrons. The summed E-state index contributed by atoms with van der Waals surface area (Å²) in [5.74, 6) is 0.793. The zero-order valence-corrected chi connectivity index (χ0v) is 10.6. The van der Waals surface area contributed by atoms with Gasteiger partial charge < -0.3 is 4.74 Å². The van der Waals surface area contributed by atoms with E-state index in [1.165, 1.54) is 12.4 Å². The first-order chi connectivity index (χ1) is 7.66. The summed E-state index contributed by atoms with van der Waals surface area (Å²) in [6.45, 7) is 1.69. The van der Waals surface area contributed by atoms with Crippen LogP contribution in [-0.4, -0.2) is 9.97 Å². The number of nitrogens with zero attached hydrogens (tertiary/aromatic N) is 2. The van der Waals surface area contributed by atoms with Gasteiger partial charge in [-0.2, -0.15) is 0 Å². The first kappa shape index (κ1) is 11.3. The molecule has 2 aromatic rings. The van der Waals surface area contributed by atoms with Crippen LogP contribution in [0.1, 0.15) is 5.56 Å². The first-order valence-electron chi connectivity index (χ1n) is 4.56. The van der Waals surface area contributed by atoms with Gasteiger partial charge in [-0.05, 0) is 53.3 Å². The number of hydrogen-bond acceptors (Lipinski definition) is 3. The molecule has 5 heteroatoms.